The van der Waals surface area contributed by atoms with Gasteiger partial charge in [0.1, 0.15) is 6.61 Å². The first-order chi connectivity index (χ1) is 12.0. The molecule has 136 valence electrons. The molecule has 1 aliphatic heterocycles. The molecule has 0 unspecified atom stereocenters. The molecule has 0 saturated carbocycles. The monoisotopic (exact) mass is 347 g/mol. The van der Waals surface area contributed by atoms with Crippen molar-refractivity contribution < 1.29 is 19.4 Å². The van der Waals surface area contributed by atoms with E-state index < -0.39 is 12.2 Å². The van der Waals surface area contributed by atoms with Crippen LogP contribution >= 0.6 is 0 Å². The summed E-state index contributed by atoms with van der Waals surface area (Å²) in [5.41, 5.74) is 1.07. The van der Waals surface area contributed by atoms with Gasteiger partial charge >= 0.3 is 12.2 Å². The number of carboxylic acid groups (broad SMARTS) is 1. The molecule has 2 rings (SSSR count). The van der Waals surface area contributed by atoms with Crippen LogP contribution in [-0.4, -0.2) is 65.9 Å². The van der Waals surface area contributed by atoms with Crippen molar-refractivity contribution in [1.82, 2.24) is 15.1 Å². The molecule has 1 aliphatic rings. The van der Waals surface area contributed by atoms with Crippen molar-refractivity contribution in [2.45, 2.75) is 19.0 Å². The lowest BCUT2D eigenvalue weighted by Crippen LogP contribution is -2.55. The maximum atomic E-state index is 11.7. The average molecular weight is 347 g/mol. The van der Waals surface area contributed by atoms with Crippen LogP contribution in [0.2, 0.25) is 0 Å². The van der Waals surface area contributed by atoms with Gasteiger partial charge in [0.05, 0.1) is 6.04 Å². The summed E-state index contributed by atoms with van der Waals surface area (Å²) in [5.74, 6) is 0. The molecule has 2 N–H and O–H groups in total. The van der Waals surface area contributed by atoms with Crippen LogP contribution in [0.1, 0.15) is 18.5 Å². The zero-order valence-corrected chi connectivity index (χ0v) is 14.4. The van der Waals surface area contributed by atoms with Gasteiger partial charge in [0, 0.05) is 32.2 Å². The third kappa shape index (κ3) is 5.22. The minimum absolute atomic E-state index is 0.0455. The van der Waals surface area contributed by atoms with Gasteiger partial charge in [0.15, 0.2) is 0 Å². The number of benzene rings is 1. The number of nitrogens with one attached hydrogen (secondary N) is 1. The van der Waals surface area contributed by atoms with Crippen LogP contribution in [-0.2, 0) is 4.74 Å². The lowest BCUT2D eigenvalue weighted by molar-refractivity contribution is 0.0530. The Balaban J connectivity index is 2.06. The van der Waals surface area contributed by atoms with Crippen LogP contribution < -0.4 is 5.32 Å². The summed E-state index contributed by atoms with van der Waals surface area (Å²) in [7, 11) is 0. The molecule has 0 spiro atoms. The van der Waals surface area contributed by atoms with E-state index in [-0.39, 0.29) is 18.7 Å². The van der Waals surface area contributed by atoms with E-state index in [9.17, 15) is 14.7 Å². The lowest BCUT2D eigenvalue weighted by atomic mass is 10.0. The molecule has 1 heterocycles. The Labute approximate surface area is 147 Å². The van der Waals surface area contributed by atoms with Crippen LogP contribution in [0.5, 0.6) is 0 Å². The average Bonchev–Trinajstić information content (AvgIpc) is 2.60. The van der Waals surface area contributed by atoms with E-state index in [1.165, 1.54) is 11.0 Å². The standard InChI is InChI=1S/C18H25N3O4/c1-3-11-25-17(22)19-12-16(15-7-5-4-6-8-15)20-9-10-21(18(23)24)14(2)13-20/h3-8,14,16H,1,9-13H2,2H3,(H,19,22)(H,23,24)/t14-,16+/m1/s1. The van der Waals surface area contributed by atoms with Crippen molar-refractivity contribution in [1.29, 1.82) is 0 Å². The number of rotatable bonds is 6. The number of amides is 2. The summed E-state index contributed by atoms with van der Waals surface area (Å²) in [4.78, 5) is 26.6. The lowest BCUT2D eigenvalue weighted by Gasteiger charge is -2.42. The van der Waals surface area contributed by atoms with E-state index in [1.54, 1.807) is 0 Å². The number of carbonyl (C=O) groups excluding carboxylic acids is 1. The zero-order chi connectivity index (χ0) is 18.2. The molecule has 7 nitrogen and oxygen atoms in total. The Morgan fingerprint density at radius 1 is 1.40 bits per heavy atom. The first kappa shape index (κ1) is 18.8. The molecule has 1 aromatic rings. The van der Waals surface area contributed by atoms with Gasteiger partial charge in [-0.15, -0.1) is 0 Å². The fourth-order valence-corrected chi connectivity index (χ4v) is 3.05. The number of carbonyl (C=O) groups is 2. The first-order valence-corrected chi connectivity index (χ1v) is 8.33. The van der Waals surface area contributed by atoms with Crippen LogP contribution in [0.15, 0.2) is 43.0 Å². The van der Waals surface area contributed by atoms with Gasteiger partial charge in [-0.3, -0.25) is 4.90 Å². The van der Waals surface area contributed by atoms with Crippen molar-refractivity contribution in [3.05, 3.63) is 48.6 Å². The van der Waals surface area contributed by atoms with E-state index in [0.29, 0.717) is 26.2 Å². The zero-order valence-electron chi connectivity index (χ0n) is 14.4. The SMILES string of the molecule is C=CCOC(=O)NC[C@@H](c1ccccc1)N1CCN(C(=O)O)[C@H](C)C1. The summed E-state index contributed by atoms with van der Waals surface area (Å²) in [6, 6.07) is 9.72. The minimum Gasteiger partial charge on any atom is -0.465 e. The second-order valence-corrected chi connectivity index (χ2v) is 6.01. The summed E-state index contributed by atoms with van der Waals surface area (Å²) in [6.45, 7) is 7.62. The highest BCUT2D eigenvalue weighted by atomic mass is 16.5. The number of alkyl carbamates (subject to hydrolysis) is 1. The van der Waals surface area contributed by atoms with Gasteiger partial charge < -0.3 is 20.1 Å². The molecule has 1 aromatic carbocycles. The van der Waals surface area contributed by atoms with Crippen molar-refractivity contribution >= 4 is 12.2 Å². The van der Waals surface area contributed by atoms with E-state index >= 15 is 0 Å². The maximum Gasteiger partial charge on any atom is 0.407 e. The van der Waals surface area contributed by atoms with Gasteiger partial charge in [-0.25, -0.2) is 9.59 Å². The topological polar surface area (TPSA) is 82.1 Å². The smallest absolute Gasteiger partial charge is 0.407 e. The molecule has 0 aromatic heterocycles. The van der Waals surface area contributed by atoms with Crippen molar-refractivity contribution in [2.24, 2.45) is 0 Å². The van der Waals surface area contributed by atoms with Crippen LogP contribution in [0.4, 0.5) is 9.59 Å². The third-order valence-corrected chi connectivity index (χ3v) is 4.30. The quantitative estimate of drug-likeness (QED) is 0.772. The summed E-state index contributed by atoms with van der Waals surface area (Å²) in [5, 5.41) is 12.0. The molecule has 25 heavy (non-hydrogen) atoms. The minimum atomic E-state index is -0.894. The Morgan fingerprint density at radius 2 is 2.12 bits per heavy atom. The molecule has 0 bridgehead atoms. The Bertz CT molecular complexity index is 593. The van der Waals surface area contributed by atoms with E-state index in [1.807, 2.05) is 37.3 Å². The molecule has 1 fully saturated rings. The van der Waals surface area contributed by atoms with Gasteiger partial charge in [0.2, 0.25) is 0 Å². The molecule has 2 atom stereocenters. The molecular weight excluding hydrogens is 322 g/mol. The van der Waals surface area contributed by atoms with Crippen LogP contribution in [0, 0.1) is 0 Å². The second kappa shape index (κ2) is 9.08. The molecule has 7 heteroatoms. The van der Waals surface area contributed by atoms with Crippen molar-refractivity contribution in [2.75, 3.05) is 32.8 Å². The summed E-state index contributed by atoms with van der Waals surface area (Å²) >= 11 is 0. The van der Waals surface area contributed by atoms with E-state index in [2.05, 4.69) is 16.8 Å². The maximum absolute atomic E-state index is 11.7. The molecular formula is C18H25N3O4. The number of hydrogen-bond donors (Lipinski definition) is 2. The highest BCUT2D eigenvalue weighted by Gasteiger charge is 2.31. The Hall–Kier alpha value is -2.54. The fraction of sp³-hybridized carbons (Fsp3) is 0.444. The van der Waals surface area contributed by atoms with Gasteiger partial charge in [-0.2, -0.15) is 0 Å². The van der Waals surface area contributed by atoms with Crippen molar-refractivity contribution in [3.8, 4) is 0 Å². The normalized spacial score (nSPS) is 19.1. The van der Waals surface area contributed by atoms with E-state index in [0.717, 1.165) is 5.56 Å². The highest BCUT2D eigenvalue weighted by Crippen LogP contribution is 2.23. The molecule has 0 radical (unpaired) electrons. The number of nitrogens with zero attached hydrogens (tertiary/aromatic N) is 2. The fourth-order valence-electron chi connectivity index (χ4n) is 3.05. The largest absolute Gasteiger partial charge is 0.465 e. The number of ether oxygens (including phenoxy) is 1. The summed E-state index contributed by atoms with van der Waals surface area (Å²) in [6.07, 6.45) is 0.133. The molecule has 2 amide bonds. The Morgan fingerprint density at radius 3 is 2.72 bits per heavy atom. The first-order valence-electron chi connectivity index (χ1n) is 8.33. The predicted molar refractivity (Wildman–Crippen MR) is 94.5 cm³/mol. The second-order valence-electron chi connectivity index (χ2n) is 6.01. The van der Waals surface area contributed by atoms with Crippen LogP contribution in [0.3, 0.4) is 0 Å². The van der Waals surface area contributed by atoms with Gasteiger partial charge in [-0.1, -0.05) is 43.0 Å². The van der Waals surface area contributed by atoms with E-state index in [4.69, 9.17) is 4.74 Å². The predicted octanol–water partition coefficient (Wildman–Crippen LogP) is 2.32. The van der Waals surface area contributed by atoms with Crippen LogP contribution in [0.25, 0.3) is 0 Å². The van der Waals surface area contributed by atoms with Gasteiger partial charge in [-0.05, 0) is 12.5 Å². The third-order valence-electron chi connectivity index (χ3n) is 4.30. The Kier molecular flexibility index (Phi) is 6.82. The van der Waals surface area contributed by atoms with Crippen molar-refractivity contribution in [3.63, 3.8) is 0 Å². The number of piperazine rings is 1. The number of hydrogen-bond acceptors (Lipinski definition) is 4. The summed E-state index contributed by atoms with van der Waals surface area (Å²) < 4.78 is 4.96. The highest BCUT2D eigenvalue weighted by molar-refractivity contribution is 5.67. The molecule has 1 saturated heterocycles. The van der Waals surface area contributed by atoms with Gasteiger partial charge in [0.25, 0.3) is 0 Å². The molecule has 0 aliphatic carbocycles.